The van der Waals surface area contributed by atoms with Crippen LogP contribution in [-0.4, -0.2) is 29.2 Å². The van der Waals surface area contributed by atoms with Gasteiger partial charge in [0.2, 0.25) is 5.88 Å². The van der Waals surface area contributed by atoms with Gasteiger partial charge in [-0.2, -0.15) is 4.98 Å². The highest BCUT2D eigenvalue weighted by Gasteiger charge is 2.25. The van der Waals surface area contributed by atoms with Crippen LogP contribution in [0.15, 0.2) is 6.07 Å². The topological polar surface area (TPSA) is 47.0 Å². The summed E-state index contributed by atoms with van der Waals surface area (Å²) in [6.07, 6.45) is 5.98. The van der Waals surface area contributed by atoms with Crippen LogP contribution < -0.4 is 10.1 Å². The summed E-state index contributed by atoms with van der Waals surface area (Å²) < 4.78 is 6.07. The van der Waals surface area contributed by atoms with E-state index in [-0.39, 0.29) is 6.10 Å². The van der Waals surface area contributed by atoms with Gasteiger partial charge in [0, 0.05) is 17.8 Å². The van der Waals surface area contributed by atoms with E-state index < -0.39 is 0 Å². The van der Waals surface area contributed by atoms with Gasteiger partial charge in [-0.25, -0.2) is 4.98 Å². The molecule has 1 aromatic heterocycles. The molecule has 0 aliphatic heterocycles. The summed E-state index contributed by atoms with van der Waals surface area (Å²) in [5, 5.41) is 3.35. The van der Waals surface area contributed by atoms with Crippen molar-refractivity contribution in [3.63, 3.8) is 0 Å². The highest BCUT2D eigenvalue weighted by Crippen LogP contribution is 2.23. The van der Waals surface area contributed by atoms with Gasteiger partial charge in [0.1, 0.15) is 11.9 Å². The molecular formula is C14H23N3O. The number of aryl methyl sites for hydroxylation is 2. The minimum absolute atomic E-state index is 0.239. The molecule has 4 heteroatoms. The Morgan fingerprint density at radius 3 is 2.83 bits per heavy atom. The first-order chi connectivity index (χ1) is 8.72. The Morgan fingerprint density at radius 2 is 2.11 bits per heavy atom. The first-order valence-corrected chi connectivity index (χ1v) is 6.91. The molecule has 1 saturated carbocycles. The minimum Gasteiger partial charge on any atom is -0.473 e. The summed E-state index contributed by atoms with van der Waals surface area (Å²) >= 11 is 0. The fraction of sp³-hybridized carbons (Fsp3) is 0.714. The van der Waals surface area contributed by atoms with Crippen molar-refractivity contribution in [3.8, 4) is 5.88 Å². The lowest BCUT2D eigenvalue weighted by Gasteiger charge is -2.31. The largest absolute Gasteiger partial charge is 0.473 e. The van der Waals surface area contributed by atoms with E-state index in [9.17, 15) is 0 Å². The molecule has 4 nitrogen and oxygen atoms in total. The molecule has 100 valence electrons. The second kappa shape index (κ2) is 6.14. The second-order valence-electron chi connectivity index (χ2n) is 4.93. The Balaban J connectivity index is 2.09. The van der Waals surface area contributed by atoms with Crippen molar-refractivity contribution in [2.24, 2.45) is 0 Å². The first-order valence-electron chi connectivity index (χ1n) is 6.91. The lowest BCUT2D eigenvalue weighted by atomic mass is 9.92. The zero-order valence-electron chi connectivity index (χ0n) is 11.6. The van der Waals surface area contributed by atoms with Gasteiger partial charge in [-0.1, -0.05) is 13.3 Å². The third-order valence-electron chi connectivity index (χ3n) is 3.58. The fourth-order valence-electron chi connectivity index (χ4n) is 2.56. The van der Waals surface area contributed by atoms with Crippen LogP contribution in [0.1, 0.15) is 44.1 Å². The quantitative estimate of drug-likeness (QED) is 0.889. The molecule has 0 saturated heterocycles. The van der Waals surface area contributed by atoms with Crippen molar-refractivity contribution in [1.82, 2.24) is 15.3 Å². The maximum Gasteiger partial charge on any atom is 0.217 e. The summed E-state index contributed by atoms with van der Waals surface area (Å²) in [5.74, 6) is 1.52. The summed E-state index contributed by atoms with van der Waals surface area (Å²) in [4.78, 5) is 8.76. The number of nitrogens with one attached hydrogen (secondary N) is 1. The standard InChI is InChI=1S/C14H23N3O/c1-4-11-9-14(17-10(2)16-11)18-13-8-6-5-7-12(13)15-3/h9,12-13,15H,4-8H2,1-3H3. The summed E-state index contributed by atoms with van der Waals surface area (Å²) in [5.41, 5.74) is 1.05. The molecule has 2 unspecified atom stereocenters. The molecule has 18 heavy (non-hydrogen) atoms. The molecule has 1 aliphatic rings. The number of rotatable bonds is 4. The van der Waals surface area contributed by atoms with Crippen LogP contribution in [0, 0.1) is 6.92 Å². The van der Waals surface area contributed by atoms with Crippen molar-refractivity contribution in [2.75, 3.05) is 7.05 Å². The van der Waals surface area contributed by atoms with Crippen molar-refractivity contribution < 1.29 is 4.74 Å². The van der Waals surface area contributed by atoms with Crippen molar-refractivity contribution in [2.45, 2.75) is 58.1 Å². The third kappa shape index (κ3) is 3.19. The Morgan fingerprint density at radius 1 is 1.33 bits per heavy atom. The number of nitrogens with zero attached hydrogens (tertiary/aromatic N) is 2. The van der Waals surface area contributed by atoms with E-state index in [4.69, 9.17) is 4.74 Å². The molecule has 0 bridgehead atoms. The number of ether oxygens (including phenoxy) is 1. The zero-order valence-corrected chi connectivity index (χ0v) is 11.6. The van der Waals surface area contributed by atoms with Crippen molar-refractivity contribution in [1.29, 1.82) is 0 Å². The van der Waals surface area contributed by atoms with Gasteiger partial charge in [0.05, 0.1) is 0 Å². The molecule has 0 aromatic carbocycles. The predicted molar refractivity (Wildman–Crippen MR) is 71.9 cm³/mol. The van der Waals surface area contributed by atoms with Crippen LogP contribution in [0.25, 0.3) is 0 Å². The normalized spacial score (nSPS) is 23.9. The van der Waals surface area contributed by atoms with E-state index in [0.29, 0.717) is 6.04 Å². The Bertz CT molecular complexity index is 395. The van der Waals surface area contributed by atoms with E-state index in [1.165, 1.54) is 19.3 Å². The lowest BCUT2D eigenvalue weighted by molar-refractivity contribution is 0.112. The van der Waals surface area contributed by atoms with Crippen LogP contribution in [0.3, 0.4) is 0 Å². The lowest BCUT2D eigenvalue weighted by Crippen LogP contribution is -2.43. The fourth-order valence-corrected chi connectivity index (χ4v) is 2.56. The molecule has 1 aromatic rings. The van der Waals surface area contributed by atoms with Crippen LogP contribution in [-0.2, 0) is 6.42 Å². The number of hydrogen-bond acceptors (Lipinski definition) is 4. The van der Waals surface area contributed by atoms with E-state index in [1.54, 1.807) is 0 Å². The Kier molecular flexibility index (Phi) is 4.53. The van der Waals surface area contributed by atoms with Crippen molar-refractivity contribution in [3.05, 3.63) is 17.6 Å². The van der Waals surface area contributed by atoms with Gasteiger partial charge in [-0.3, -0.25) is 0 Å². The van der Waals surface area contributed by atoms with E-state index in [1.807, 2.05) is 20.0 Å². The van der Waals surface area contributed by atoms with Crippen LogP contribution in [0.2, 0.25) is 0 Å². The smallest absolute Gasteiger partial charge is 0.217 e. The second-order valence-corrected chi connectivity index (χ2v) is 4.93. The third-order valence-corrected chi connectivity index (χ3v) is 3.58. The van der Waals surface area contributed by atoms with Gasteiger partial charge >= 0.3 is 0 Å². The molecule has 1 aliphatic carbocycles. The van der Waals surface area contributed by atoms with Gasteiger partial charge in [0.15, 0.2) is 0 Å². The average Bonchev–Trinajstić information content (AvgIpc) is 2.38. The van der Waals surface area contributed by atoms with E-state index >= 15 is 0 Å². The monoisotopic (exact) mass is 249 g/mol. The highest BCUT2D eigenvalue weighted by molar-refractivity contribution is 5.16. The maximum absolute atomic E-state index is 6.07. The van der Waals surface area contributed by atoms with E-state index in [2.05, 4.69) is 22.2 Å². The van der Waals surface area contributed by atoms with E-state index in [0.717, 1.165) is 30.2 Å². The van der Waals surface area contributed by atoms with Crippen LogP contribution >= 0.6 is 0 Å². The first kappa shape index (κ1) is 13.3. The van der Waals surface area contributed by atoms with Gasteiger partial charge < -0.3 is 10.1 Å². The number of likely N-dealkylation sites (N-methyl/N-ethyl adjacent to an activating group) is 1. The SMILES string of the molecule is CCc1cc(OC2CCCCC2NC)nc(C)n1. The Labute approximate surface area is 109 Å². The summed E-state index contributed by atoms with van der Waals surface area (Å²) in [6, 6.07) is 2.41. The van der Waals surface area contributed by atoms with Gasteiger partial charge in [0.25, 0.3) is 0 Å². The zero-order chi connectivity index (χ0) is 13.0. The molecule has 0 amide bonds. The highest BCUT2D eigenvalue weighted by atomic mass is 16.5. The number of aromatic nitrogens is 2. The molecule has 1 N–H and O–H groups in total. The van der Waals surface area contributed by atoms with Crippen LogP contribution in [0.5, 0.6) is 5.88 Å². The number of hydrogen-bond donors (Lipinski definition) is 1. The Hall–Kier alpha value is -1.16. The molecular weight excluding hydrogens is 226 g/mol. The predicted octanol–water partition coefficient (Wildman–Crippen LogP) is 2.26. The minimum atomic E-state index is 0.239. The summed E-state index contributed by atoms with van der Waals surface area (Å²) in [7, 11) is 2.01. The molecule has 1 fully saturated rings. The molecule has 2 rings (SSSR count). The molecule has 1 heterocycles. The summed E-state index contributed by atoms with van der Waals surface area (Å²) in [6.45, 7) is 4.02. The van der Waals surface area contributed by atoms with Gasteiger partial charge in [-0.15, -0.1) is 0 Å². The molecule has 2 atom stereocenters. The molecule has 0 spiro atoms. The maximum atomic E-state index is 6.07. The van der Waals surface area contributed by atoms with Crippen LogP contribution in [0.4, 0.5) is 0 Å². The van der Waals surface area contributed by atoms with Gasteiger partial charge in [-0.05, 0) is 39.7 Å². The molecule has 0 radical (unpaired) electrons. The van der Waals surface area contributed by atoms with Crippen molar-refractivity contribution >= 4 is 0 Å². The average molecular weight is 249 g/mol.